The Morgan fingerprint density at radius 1 is 1.35 bits per heavy atom. The van der Waals surface area contributed by atoms with Gasteiger partial charge in [-0.2, -0.15) is 4.31 Å². The van der Waals surface area contributed by atoms with Crippen molar-refractivity contribution in [3.05, 3.63) is 22.3 Å². The van der Waals surface area contributed by atoms with E-state index in [0.29, 0.717) is 36.5 Å². The van der Waals surface area contributed by atoms with Crippen LogP contribution in [0.2, 0.25) is 0 Å². The molecule has 9 heteroatoms. The number of aromatic carboxylic acids is 1. The minimum atomic E-state index is -3.20. The van der Waals surface area contributed by atoms with Gasteiger partial charge in [-0.1, -0.05) is 0 Å². The predicted molar refractivity (Wildman–Crippen MR) is 77.5 cm³/mol. The van der Waals surface area contributed by atoms with Crippen LogP contribution in [0.3, 0.4) is 0 Å². The van der Waals surface area contributed by atoms with E-state index in [2.05, 4.69) is 20.9 Å². The highest BCUT2D eigenvalue weighted by atomic mass is 79.9. The zero-order valence-corrected chi connectivity index (χ0v) is 13.2. The van der Waals surface area contributed by atoms with E-state index < -0.39 is 16.0 Å². The summed E-state index contributed by atoms with van der Waals surface area (Å²) in [6.07, 6.45) is 2.70. The summed E-state index contributed by atoms with van der Waals surface area (Å²) in [6, 6.07) is 1.49. The van der Waals surface area contributed by atoms with E-state index in [0.717, 1.165) is 0 Å². The predicted octanol–water partition coefficient (Wildman–Crippen LogP) is 0.624. The van der Waals surface area contributed by atoms with E-state index in [4.69, 9.17) is 0 Å². The lowest BCUT2D eigenvalue weighted by Crippen LogP contribution is -2.49. The van der Waals surface area contributed by atoms with Crippen LogP contribution < -0.4 is 4.90 Å². The topological polar surface area (TPSA) is 90.8 Å². The third-order valence-corrected chi connectivity index (χ3v) is 4.81. The third kappa shape index (κ3) is 3.28. The fourth-order valence-corrected chi connectivity index (χ4v) is 3.23. The van der Waals surface area contributed by atoms with Crippen LogP contribution >= 0.6 is 15.9 Å². The molecule has 1 aromatic heterocycles. The zero-order valence-electron chi connectivity index (χ0n) is 10.8. The SMILES string of the molecule is CS(=O)(=O)N1CCN(c2ncc(Br)cc2C(=O)O)CC1. The average molecular weight is 364 g/mol. The first-order valence-corrected chi connectivity index (χ1v) is 8.52. The number of anilines is 1. The Hall–Kier alpha value is -1.19. The summed E-state index contributed by atoms with van der Waals surface area (Å²) >= 11 is 3.19. The Labute approximate surface area is 125 Å². The van der Waals surface area contributed by atoms with Crippen molar-refractivity contribution in [3.8, 4) is 0 Å². The second-order valence-electron chi connectivity index (χ2n) is 4.48. The summed E-state index contributed by atoms with van der Waals surface area (Å²) in [5, 5.41) is 9.21. The van der Waals surface area contributed by atoms with Gasteiger partial charge in [0.1, 0.15) is 11.4 Å². The molecular formula is C11H14BrN3O4S. The molecule has 0 amide bonds. The molecule has 1 fully saturated rings. The highest BCUT2D eigenvalue weighted by Gasteiger charge is 2.26. The van der Waals surface area contributed by atoms with Gasteiger partial charge in [0.25, 0.3) is 0 Å². The third-order valence-electron chi connectivity index (χ3n) is 3.07. The average Bonchev–Trinajstić information content (AvgIpc) is 2.37. The van der Waals surface area contributed by atoms with Gasteiger partial charge in [-0.3, -0.25) is 0 Å². The monoisotopic (exact) mass is 363 g/mol. The van der Waals surface area contributed by atoms with Crippen molar-refractivity contribution in [3.63, 3.8) is 0 Å². The molecule has 0 unspecified atom stereocenters. The molecule has 2 heterocycles. The maximum Gasteiger partial charge on any atom is 0.339 e. The van der Waals surface area contributed by atoms with E-state index >= 15 is 0 Å². The number of halogens is 1. The fourth-order valence-electron chi connectivity index (χ4n) is 2.07. The number of carbonyl (C=O) groups is 1. The second-order valence-corrected chi connectivity index (χ2v) is 7.38. The number of hydrogen-bond donors (Lipinski definition) is 1. The molecule has 0 radical (unpaired) electrons. The highest BCUT2D eigenvalue weighted by Crippen LogP contribution is 2.23. The van der Waals surface area contributed by atoms with E-state index in [1.54, 1.807) is 4.90 Å². The normalized spacial score (nSPS) is 17.2. The first-order chi connectivity index (χ1) is 9.29. The van der Waals surface area contributed by atoms with Crippen molar-refractivity contribution >= 4 is 37.7 Å². The largest absolute Gasteiger partial charge is 0.478 e. The Bertz CT molecular complexity index is 627. The Kier molecular flexibility index (Phi) is 4.31. The molecule has 1 aliphatic rings. The van der Waals surface area contributed by atoms with Crippen LogP contribution in [-0.2, 0) is 10.0 Å². The number of carboxylic acid groups (broad SMARTS) is 1. The van der Waals surface area contributed by atoms with Gasteiger partial charge in [-0.25, -0.2) is 18.2 Å². The van der Waals surface area contributed by atoms with Crippen molar-refractivity contribution in [2.24, 2.45) is 0 Å². The molecule has 0 spiro atoms. The molecule has 1 aromatic rings. The summed E-state index contributed by atoms with van der Waals surface area (Å²) in [5.74, 6) is -0.687. The minimum Gasteiger partial charge on any atom is -0.478 e. The van der Waals surface area contributed by atoms with E-state index in [9.17, 15) is 18.3 Å². The van der Waals surface area contributed by atoms with E-state index in [1.165, 1.54) is 22.8 Å². The zero-order chi connectivity index (χ0) is 14.9. The standard InChI is InChI=1S/C11H14BrN3O4S/c1-20(18,19)15-4-2-14(3-5-15)10-9(11(16)17)6-8(12)7-13-10/h6-7H,2-5H2,1H3,(H,16,17). The van der Waals surface area contributed by atoms with Crippen molar-refractivity contribution in [2.45, 2.75) is 0 Å². The van der Waals surface area contributed by atoms with Gasteiger partial charge in [-0.15, -0.1) is 0 Å². The maximum absolute atomic E-state index is 11.4. The second kappa shape index (κ2) is 5.66. The smallest absolute Gasteiger partial charge is 0.339 e. The van der Waals surface area contributed by atoms with Gasteiger partial charge in [0.2, 0.25) is 10.0 Å². The molecule has 1 aliphatic heterocycles. The lowest BCUT2D eigenvalue weighted by molar-refractivity contribution is 0.0697. The molecule has 110 valence electrons. The molecule has 7 nitrogen and oxygen atoms in total. The molecule has 1 saturated heterocycles. The van der Waals surface area contributed by atoms with Gasteiger partial charge in [-0.05, 0) is 22.0 Å². The van der Waals surface area contributed by atoms with Gasteiger partial charge < -0.3 is 10.0 Å². The van der Waals surface area contributed by atoms with Gasteiger partial charge in [0.05, 0.1) is 6.26 Å². The van der Waals surface area contributed by atoms with Crippen molar-refractivity contribution in [1.29, 1.82) is 0 Å². The van der Waals surface area contributed by atoms with Gasteiger partial charge >= 0.3 is 5.97 Å². The lowest BCUT2D eigenvalue weighted by atomic mass is 10.2. The van der Waals surface area contributed by atoms with Crippen molar-refractivity contribution in [1.82, 2.24) is 9.29 Å². The Morgan fingerprint density at radius 3 is 2.45 bits per heavy atom. The molecular weight excluding hydrogens is 350 g/mol. The van der Waals surface area contributed by atoms with E-state index in [1.807, 2.05) is 0 Å². The van der Waals surface area contributed by atoms with Gasteiger partial charge in [0.15, 0.2) is 0 Å². The number of pyridine rings is 1. The highest BCUT2D eigenvalue weighted by molar-refractivity contribution is 9.10. The first-order valence-electron chi connectivity index (χ1n) is 5.88. The summed E-state index contributed by atoms with van der Waals surface area (Å²) in [4.78, 5) is 17.2. The van der Waals surface area contributed by atoms with Crippen LogP contribution in [0, 0.1) is 0 Å². The van der Waals surface area contributed by atoms with Crippen LogP contribution in [0.25, 0.3) is 0 Å². The summed E-state index contributed by atoms with van der Waals surface area (Å²) in [5.41, 5.74) is 0.104. The molecule has 0 atom stereocenters. The number of piperazine rings is 1. The molecule has 0 aliphatic carbocycles. The maximum atomic E-state index is 11.4. The van der Waals surface area contributed by atoms with Crippen molar-refractivity contribution < 1.29 is 18.3 Å². The number of aromatic nitrogens is 1. The number of nitrogens with zero attached hydrogens (tertiary/aromatic N) is 3. The van der Waals surface area contributed by atoms with E-state index in [-0.39, 0.29) is 5.56 Å². The van der Waals surface area contributed by atoms with Crippen LogP contribution in [0.5, 0.6) is 0 Å². The van der Waals surface area contributed by atoms with Crippen molar-refractivity contribution in [2.75, 3.05) is 37.3 Å². The molecule has 0 bridgehead atoms. The van der Waals surface area contributed by atoms with Crippen LogP contribution in [0.15, 0.2) is 16.7 Å². The molecule has 0 saturated carbocycles. The Balaban J connectivity index is 2.21. The Morgan fingerprint density at radius 2 is 1.95 bits per heavy atom. The molecule has 0 aromatic carbocycles. The van der Waals surface area contributed by atoms with Crippen LogP contribution in [-0.4, -0.2) is 61.2 Å². The number of carboxylic acids is 1. The molecule has 1 N–H and O–H groups in total. The minimum absolute atomic E-state index is 0.104. The first kappa shape index (κ1) is 15.2. The summed E-state index contributed by atoms with van der Waals surface area (Å²) in [6.45, 7) is 1.50. The number of sulfonamides is 1. The lowest BCUT2D eigenvalue weighted by Gasteiger charge is -2.34. The van der Waals surface area contributed by atoms with Gasteiger partial charge in [0, 0.05) is 36.8 Å². The summed E-state index contributed by atoms with van der Waals surface area (Å²) < 4.78 is 24.9. The fraction of sp³-hybridized carbons (Fsp3) is 0.455. The molecule has 2 rings (SSSR count). The number of hydrogen-bond acceptors (Lipinski definition) is 5. The summed E-state index contributed by atoms with van der Waals surface area (Å²) in [7, 11) is -3.20. The van der Waals surface area contributed by atoms with Crippen LogP contribution in [0.1, 0.15) is 10.4 Å². The number of rotatable bonds is 3. The molecule has 20 heavy (non-hydrogen) atoms. The quantitative estimate of drug-likeness (QED) is 0.846. The van der Waals surface area contributed by atoms with Crippen LogP contribution in [0.4, 0.5) is 5.82 Å².